The highest BCUT2D eigenvalue weighted by Gasteiger charge is 2.27. The molecule has 0 rings (SSSR count). The number of quaternary nitrogens is 1. The van der Waals surface area contributed by atoms with Crippen molar-refractivity contribution >= 4 is 19.7 Å². The lowest BCUT2D eigenvalue weighted by atomic mass is 10.0. The van der Waals surface area contributed by atoms with E-state index in [0.717, 1.165) is 64.2 Å². The summed E-state index contributed by atoms with van der Waals surface area (Å²) in [6.07, 6.45) is 70.9. The number of unbranched alkanes of at least 4 members (excludes halogenated alkanes) is 39. The number of rotatable bonds is 60. The van der Waals surface area contributed by atoms with E-state index in [0.29, 0.717) is 17.4 Å². The van der Waals surface area contributed by atoms with Crippen LogP contribution in [0.5, 0.6) is 0 Å². The molecule has 1 amide bonds. The number of nitrogens with zero attached hydrogens (tertiary/aromatic N) is 1. The third-order valence-corrected chi connectivity index (χ3v) is 15.7. The van der Waals surface area contributed by atoms with Gasteiger partial charge in [-0.15, -0.1) is 0 Å². The lowest BCUT2D eigenvalue weighted by Crippen LogP contribution is -2.47. The zero-order valence-electron chi connectivity index (χ0n) is 51.7. The number of hydrogen-bond acceptors (Lipinski definition) is 7. The van der Waals surface area contributed by atoms with Gasteiger partial charge in [-0.05, 0) is 83.1 Å². The first-order valence-electron chi connectivity index (χ1n) is 33.0. The second-order valence-corrected chi connectivity index (χ2v) is 25.1. The van der Waals surface area contributed by atoms with Gasteiger partial charge in [-0.1, -0.05) is 269 Å². The SMILES string of the molecule is CCCCCCCC/C=C/CCCCCCCCCCCCCCCC(=O)OC(/C=C\CCCCCCCCCCCC)C(COP(=O)([O-])OCC[N+](C)(C)C)NC(=O)CCCCC/C=C/C=C/CCCCCCCCC. The minimum Gasteiger partial charge on any atom is -0.756 e. The first-order valence-corrected chi connectivity index (χ1v) is 34.4. The van der Waals surface area contributed by atoms with Crippen LogP contribution in [0.25, 0.3) is 0 Å². The fourth-order valence-corrected chi connectivity index (χ4v) is 10.3. The monoisotopic (exact) mass is 1100 g/mol. The van der Waals surface area contributed by atoms with Crippen LogP contribution in [0.3, 0.4) is 0 Å². The van der Waals surface area contributed by atoms with Crippen LogP contribution in [-0.4, -0.2) is 69.4 Å². The number of hydrogen-bond donors (Lipinski definition) is 1. The molecular weight excluding hydrogens is 976 g/mol. The molecule has 9 nitrogen and oxygen atoms in total. The molecule has 1 N–H and O–H groups in total. The number of nitrogens with one attached hydrogen (secondary N) is 1. The van der Waals surface area contributed by atoms with Crippen molar-refractivity contribution < 1.29 is 37.3 Å². The van der Waals surface area contributed by atoms with E-state index in [9.17, 15) is 19.0 Å². The summed E-state index contributed by atoms with van der Waals surface area (Å²) >= 11 is 0. The van der Waals surface area contributed by atoms with E-state index < -0.39 is 26.6 Å². The van der Waals surface area contributed by atoms with Crippen LogP contribution in [0, 0.1) is 0 Å². The summed E-state index contributed by atoms with van der Waals surface area (Å²) in [6.45, 7) is 6.84. The first kappa shape index (κ1) is 75.0. The van der Waals surface area contributed by atoms with E-state index in [1.807, 2.05) is 33.3 Å². The van der Waals surface area contributed by atoms with Crippen molar-refractivity contribution in [3.63, 3.8) is 0 Å². The summed E-state index contributed by atoms with van der Waals surface area (Å²) in [7, 11) is 1.18. The first-order chi connectivity index (χ1) is 37.4. The molecule has 3 atom stereocenters. The van der Waals surface area contributed by atoms with E-state index in [1.165, 1.54) is 212 Å². The molecule has 0 fully saturated rings. The van der Waals surface area contributed by atoms with Gasteiger partial charge >= 0.3 is 5.97 Å². The standard InChI is InChI=1S/C67H127N2O7P/c1-7-10-13-16-19-22-25-28-30-32-33-34-35-36-37-38-40-42-45-48-51-54-57-60-67(71)76-65(58-55-52-49-46-43-27-24-21-18-15-12-9-3)64(63-75-77(72,73)74-62-61-69(4,5)6)68-66(70)59-56-53-50-47-44-41-39-31-29-26-23-20-17-14-11-8-2/h28,30-31,39,41,44,55,58,64-65H,7-27,29,32-38,40,42-43,45-54,56-57,59-63H2,1-6H3,(H-,68,70,72,73)/b30-28+,39-31+,44-41+,58-55-. The number of ether oxygens (including phenoxy) is 1. The van der Waals surface area contributed by atoms with Gasteiger partial charge in [0.25, 0.3) is 7.82 Å². The van der Waals surface area contributed by atoms with Crippen LogP contribution in [0.15, 0.2) is 48.6 Å². The molecule has 0 aliphatic rings. The molecule has 0 bridgehead atoms. The predicted octanol–water partition coefficient (Wildman–Crippen LogP) is 19.8. The van der Waals surface area contributed by atoms with Crippen molar-refractivity contribution in [1.29, 1.82) is 0 Å². The third kappa shape index (κ3) is 58.4. The molecule has 0 saturated carbocycles. The highest BCUT2D eigenvalue weighted by Crippen LogP contribution is 2.38. The van der Waals surface area contributed by atoms with Gasteiger partial charge in [-0.3, -0.25) is 14.2 Å². The average Bonchev–Trinajstić information content (AvgIpc) is 3.39. The fraction of sp³-hybridized carbons (Fsp3) is 0.851. The van der Waals surface area contributed by atoms with E-state index in [-0.39, 0.29) is 31.3 Å². The fourth-order valence-electron chi connectivity index (χ4n) is 9.63. The Labute approximate surface area is 478 Å². The highest BCUT2D eigenvalue weighted by molar-refractivity contribution is 7.45. The van der Waals surface area contributed by atoms with Crippen LogP contribution in [-0.2, 0) is 27.9 Å². The molecule has 0 aromatic heterocycles. The third-order valence-electron chi connectivity index (χ3n) is 14.8. The summed E-state index contributed by atoms with van der Waals surface area (Å²) < 4.78 is 30.3. The van der Waals surface area contributed by atoms with Gasteiger partial charge in [0, 0.05) is 12.8 Å². The average molecular weight is 1100 g/mol. The lowest BCUT2D eigenvalue weighted by Gasteiger charge is -2.30. The van der Waals surface area contributed by atoms with Gasteiger partial charge in [0.2, 0.25) is 5.91 Å². The van der Waals surface area contributed by atoms with Crippen molar-refractivity contribution in [2.75, 3.05) is 40.9 Å². The Balaban J connectivity index is 5.16. The summed E-state index contributed by atoms with van der Waals surface area (Å²) in [4.78, 5) is 40.0. The Morgan fingerprint density at radius 2 is 0.792 bits per heavy atom. The molecule has 452 valence electrons. The summed E-state index contributed by atoms with van der Waals surface area (Å²) in [5.41, 5.74) is 0. The van der Waals surface area contributed by atoms with Crippen LogP contribution in [0.4, 0.5) is 0 Å². The van der Waals surface area contributed by atoms with E-state index in [1.54, 1.807) is 0 Å². The van der Waals surface area contributed by atoms with Crippen LogP contribution in [0.2, 0.25) is 0 Å². The Bertz CT molecular complexity index is 1460. The van der Waals surface area contributed by atoms with Crippen molar-refractivity contribution in [3.05, 3.63) is 48.6 Å². The molecule has 0 aromatic carbocycles. The molecule has 0 aliphatic heterocycles. The van der Waals surface area contributed by atoms with E-state index in [4.69, 9.17) is 13.8 Å². The molecule has 0 heterocycles. The quantitative estimate of drug-likeness (QED) is 0.0161. The number of likely N-dealkylation sites (N-methyl/N-ethyl adjacent to an activating group) is 1. The number of phosphoric acid groups is 1. The van der Waals surface area contributed by atoms with Gasteiger partial charge in [0.05, 0.1) is 33.8 Å². The minimum atomic E-state index is -4.70. The number of allylic oxidation sites excluding steroid dienone is 7. The lowest BCUT2D eigenvalue weighted by molar-refractivity contribution is -0.870. The van der Waals surface area contributed by atoms with E-state index in [2.05, 4.69) is 62.5 Å². The number of amides is 1. The summed E-state index contributed by atoms with van der Waals surface area (Å²) in [5, 5.41) is 3.02. The maximum atomic E-state index is 13.5. The second kappa shape index (κ2) is 57.2. The summed E-state index contributed by atoms with van der Waals surface area (Å²) in [6, 6.07) is -0.901. The van der Waals surface area contributed by atoms with Gasteiger partial charge in [0.15, 0.2) is 0 Å². The smallest absolute Gasteiger partial charge is 0.306 e. The van der Waals surface area contributed by atoms with Crippen molar-refractivity contribution in [3.8, 4) is 0 Å². The molecule has 10 heteroatoms. The number of carbonyl (C=O) groups excluding carboxylic acids is 2. The van der Waals surface area contributed by atoms with Gasteiger partial charge in [0.1, 0.15) is 19.3 Å². The Hall–Kier alpha value is -2.03. The minimum absolute atomic E-state index is 0.0266. The maximum absolute atomic E-state index is 13.5. The van der Waals surface area contributed by atoms with Crippen LogP contribution in [0.1, 0.15) is 316 Å². The van der Waals surface area contributed by atoms with Crippen LogP contribution >= 0.6 is 7.82 Å². The van der Waals surface area contributed by atoms with Crippen molar-refractivity contribution in [2.45, 2.75) is 328 Å². The zero-order chi connectivity index (χ0) is 56.4. The molecule has 0 saturated heterocycles. The number of phosphoric ester groups is 1. The molecule has 0 spiro atoms. The normalized spacial score (nSPS) is 13.9. The maximum Gasteiger partial charge on any atom is 0.306 e. The number of carbonyl (C=O) groups is 2. The Kier molecular flexibility index (Phi) is 55.7. The highest BCUT2D eigenvalue weighted by atomic mass is 31.2. The van der Waals surface area contributed by atoms with Gasteiger partial charge in [-0.2, -0.15) is 0 Å². The van der Waals surface area contributed by atoms with Gasteiger partial charge < -0.3 is 28.5 Å². The molecular formula is C67H127N2O7P. The zero-order valence-corrected chi connectivity index (χ0v) is 52.6. The second-order valence-electron chi connectivity index (χ2n) is 23.6. The Morgan fingerprint density at radius 1 is 0.455 bits per heavy atom. The van der Waals surface area contributed by atoms with E-state index >= 15 is 0 Å². The largest absolute Gasteiger partial charge is 0.756 e. The topological polar surface area (TPSA) is 114 Å². The number of esters is 1. The van der Waals surface area contributed by atoms with Crippen molar-refractivity contribution in [1.82, 2.24) is 5.32 Å². The van der Waals surface area contributed by atoms with Gasteiger partial charge in [-0.25, -0.2) is 0 Å². The molecule has 77 heavy (non-hydrogen) atoms. The van der Waals surface area contributed by atoms with Crippen LogP contribution < -0.4 is 10.2 Å². The molecule has 0 aromatic rings. The van der Waals surface area contributed by atoms with Crippen molar-refractivity contribution in [2.24, 2.45) is 0 Å². The molecule has 0 aliphatic carbocycles. The molecule has 3 unspecified atom stereocenters. The predicted molar refractivity (Wildman–Crippen MR) is 330 cm³/mol. The Morgan fingerprint density at radius 3 is 1.19 bits per heavy atom. The molecule has 0 radical (unpaired) electrons. The summed E-state index contributed by atoms with van der Waals surface area (Å²) in [5.74, 6) is -0.561.